The predicted molar refractivity (Wildman–Crippen MR) is 84.4 cm³/mol. The molecule has 25 heavy (non-hydrogen) atoms. The molecule has 0 saturated heterocycles. The first kappa shape index (κ1) is 17.1. The Balaban J connectivity index is 2.47. The second kappa shape index (κ2) is 6.29. The lowest BCUT2D eigenvalue weighted by Gasteiger charge is -2.18. The van der Waals surface area contributed by atoms with Crippen LogP contribution in [-0.2, 0) is 0 Å². The van der Waals surface area contributed by atoms with Gasteiger partial charge in [-0.1, -0.05) is 6.92 Å². The van der Waals surface area contributed by atoms with Crippen molar-refractivity contribution in [2.45, 2.75) is 19.4 Å². The molecule has 0 aliphatic heterocycles. The van der Waals surface area contributed by atoms with Crippen molar-refractivity contribution < 1.29 is 17.6 Å². The standard InChI is InChI=1S/C17H13F4N3O/c1-2-14(22)16-23-15-12(6-10(20)7-13(15)21)17(25)24(16)11-4-8(18)3-9(19)5-11/h3-7,14H,2,22H2,1H3/t14-/m0/s1. The average Bonchev–Trinajstić information content (AvgIpc) is 2.53. The van der Waals surface area contributed by atoms with Gasteiger partial charge in [0.25, 0.3) is 5.56 Å². The van der Waals surface area contributed by atoms with E-state index in [9.17, 15) is 22.4 Å². The van der Waals surface area contributed by atoms with Crippen LogP contribution in [0.3, 0.4) is 0 Å². The van der Waals surface area contributed by atoms with Gasteiger partial charge in [-0.2, -0.15) is 0 Å². The van der Waals surface area contributed by atoms with Crippen LogP contribution in [0.15, 0.2) is 35.1 Å². The van der Waals surface area contributed by atoms with E-state index in [1.165, 1.54) is 0 Å². The summed E-state index contributed by atoms with van der Waals surface area (Å²) < 4.78 is 55.6. The summed E-state index contributed by atoms with van der Waals surface area (Å²) in [5.41, 5.74) is 4.56. The van der Waals surface area contributed by atoms with Gasteiger partial charge in [-0.15, -0.1) is 0 Å². The van der Waals surface area contributed by atoms with Gasteiger partial charge in [0, 0.05) is 12.1 Å². The van der Waals surface area contributed by atoms with Crippen molar-refractivity contribution in [2.75, 3.05) is 0 Å². The fraction of sp³-hybridized carbons (Fsp3) is 0.176. The highest BCUT2D eigenvalue weighted by Gasteiger charge is 2.20. The number of hydrogen-bond donors (Lipinski definition) is 1. The molecule has 1 atom stereocenters. The summed E-state index contributed by atoms with van der Waals surface area (Å²) in [7, 11) is 0. The zero-order valence-corrected chi connectivity index (χ0v) is 13.1. The maximum atomic E-state index is 14.0. The van der Waals surface area contributed by atoms with Gasteiger partial charge in [0.1, 0.15) is 28.8 Å². The predicted octanol–water partition coefficient (Wildman–Crippen LogP) is 3.35. The zero-order valence-electron chi connectivity index (χ0n) is 13.1. The summed E-state index contributed by atoms with van der Waals surface area (Å²) in [6.45, 7) is 1.71. The third-order valence-electron chi connectivity index (χ3n) is 3.79. The monoisotopic (exact) mass is 351 g/mol. The first-order valence-electron chi connectivity index (χ1n) is 7.45. The molecular formula is C17H13F4N3O. The van der Waals surface area contributed by atoms with E-state index in [1.54, 1.807) is 6.92 Å². The number of nitrogens with two attached hydrogens (primary N) is 1. The van der Waals surface area contributed by atoms with Gasteiger partial charge in [-0.25, -0.2) is 22.5 Å². The average molecular weight is 351 g/mol. The van der Waals surface area contributed by atoms with E-state index in [0.717, 1.165) is 22.8 Å². The Morgan fingerprint density at radius 2 is 1.64 bits per heavy atom. The summed E-state index contributed by atoms with van der Waals surface area (Å²) in [5, 5.41) is -0.353. The minimum atomic E-state index is -1.02. The smallest absolute Gasteiger partial charge is 0.266 e. The number of rotatable bonds is 3. The van der Waals surface area contributed by atoms with Gasteiger partial charge in [-0.3, -0.25) is 9.36 Å². The molecule has 3 aromatic rings. The Bertz CT molecular complexity index is 1010. The molecule has 1 heterocycles. The summed E-state index contributed by atoms with van der Waals surface area (Å²) in [6, 6.07) is 3.09. The lowest BCUT2D eigenvalue weighted by Crippen LogP contribution is -2.29. The van der Waals surface area contributed by atoms with Gasteiger partial charge in [0.05, 0.1) is 17.1 Å². The molecule has 0 bridgehead atoms. The largest absolute Gasteiger partial charge is 0.321 e. The molecule has 1 aromatic heterocycles. The number of fused-ring (bicyclic) bond motifs is 1. The minimum absolute atomic E-state index is 0.0736. The minimum Gasteiger partial charge on any atom is -0.321 e. The second-order valence-electron chi connectivity index (χ2n) is 5.54. The van der Waals surface area contributed by atoms with Crippen LogP contribution < -0.4 is 11.3 Å². The quantitative estimate of drug-likeness (QED) is 0.736. The molecule has 0 saturated carbocycles. The molecule has 2 N–H and O–H groups in total. The van der Waals surface area contributed by atoms with Crippen molar-refractivity contribution in [3.63, 3.8) is 0 Å². The maximum absolute atomic E-state index is 14.0. The molecule has 130 valence electrons. The third-order valence-corrected chi connectivity index (χ3v) is 3.79. The molecular weight excluding hydrogens is 338 g/mol. The Morgan fingerprint density at radius 3 is 2.24 bits per heavy atom. The van der Waals surface area contributed by atoms with Crippen LogP contribution in [0.5, 0.6) is 0 Å². The number of nitrogens with zero attached hydrogens (tertiary/aromatic N) is 2. The van der Waals surface area contributed by atoms with E-state index in [0.29, 0.717) is 18.6 Å². The molecule has 8 heteroatoms. The Morgan fingerprint density at radius 1 is 1.04 bits per heavy atom. The maximum Gasteiger partial charge on any atom is 0.266 e. The van der Waals surface area contributed by atoms with Crippen LogP contribution in [0, 0.1) is 23.3 Å². The van der Waals surface area contributed by atoms with E-state index < -0.39 is 34.9 Å². The van der Waals surface area contributed by atoms with Gasteiger partial charge >= 0.3 is 0 Å². The normalized spacial score (nSPS) is 12.6. The molecule has 0 radical (unpaired) electrons. The highest BCUT2D eigenvalue weighted by molar-refractivity contribution is 5.78. The number of benzene rings is 2. The topological polar surface area (TPSA) is 60.9 Å². The molecule has 3 rings (SSSR count). The Labute approximate surface area is 139 Å². The fourth-order valence-electron chi connectivity index (χ4n) is 2.58. The lowest BCUT2D eigenvalue weighted by atomic mass is 10.1. The van der Waals surface area contributed by atoms with E-state index in [4.69, 9.17) is 5.73 Å². The van der Waals surface area contributed by atoms with Crippen LogP contribution in [0.25, 0.3) is 16.6 Å². The Kier molecular flexibility index (Phi) is 4.30. The zero-order chi connectivity index (χ0) is 18.3. The Hall–Kier alpha value is -2.74. The third kappa shape index (κ3) is 3.00. The SMILES string of the molecule is CC[C@H](N)c1nc2c(F)cc(F)cc2c(=O)n1-c1cc(F)cc(F)c1. The lowest BCUT2D eigenvalue weighted by molar-refractivity contribution is 0.572. The molecule has 0 aliphatic carbocycles. The van der Waals surface area contributed by atoms with E-state index >= 15 is 0 Å². The first-order chi connectivity index (χ1) is 11.8. The molecule has 0 spiro atoms. The van der Waals surface area contributed by atoms with E-state index in [1.807, 2.05) is 0 Å². The van der Waals surface area contributed by atoms with Gasteiger partial charge in [-0.05, 0) is 24.6 Å². The van der Waals surface area contributed by atoms with Crippen LogP contribution in [0.4, 0.5) is 17.6 Å². The van der Waals surface area contributed by atoms with E-state index in [-0.39, 0.29) is 22.4 Å². The van der Waals surface area contributed by atoms with Crippen LogP contribution >= 0.6 is 0 Å². The van der Waals surface area contributed by atoms with Crippen molar-refractivity contribution in [3.8, 4) is 5.69 Å². The number of aromatic nitrogens is 2. The molecule has 4 nitrogen and oxygen atoms in total. The van der Waals surface area contributed by atoms with Crippen LogP contribution in [0.1, 0.15) is 25.2 Å². The van der Waals surface area contributed by atoms with Gasteiger partial charge in [0.2, 0.25) is 0 Å². The molecule has 0 aliphatic rings. The summed E-state index contributed by atoms with van der Waals surface area (Å²) in [4.78, 5) is 16.8. The first-order valence-corrected chi connectivity index (χ1v) is 7.45. The van der Waals surface area contributed by atoms with Crippen molar-refractivity contribution in [1.82, 2.24) is 9.55 Å². The van der Waals surface area contributed by atoms with Crippen molar-refractivity contribution in [2.24, 2.45) is 5.73 Å². The van der Waals surface area contributed by atoms with E-state index in [2.05, 4.69) is 4.98 Å². The second-order valence-corrected chi connectivity index (χ2v) is 5.54. The fourth-order valence-corrected chi connectivity index (χ4v) is 2.58. The van der Waals surface area contributed by atoms with Crippen molar-refractivity contribution >= 4 is 10.9 Å². The molecule has 0 amide bonds. The highest BCUT2D eigenvalue weighted by Crippen LogP contribution is 2.22. The molecule has 2 aromatic carbocycles. The van der Waals surface area contributed by atoms with Crippen molar-refractivity contribution in [3.05, 3.63) is 69.8 Å². The molecule has 0 unspecified atom stereocenters. The number of hydrogen-bond acceptors (Lipinski definition) is 3. The number of halogens is 4. The molecule has 0 fully saturated rings. The summed E-state index contributed by atoms with van der Waals surface area (Å²) in [6.07, 6.45) is 0.332. The summed E-state index contributed by atoms with van der Waals surface area (Å²) in [5.74, 6) is -3.88. The van der Waals surface area contributed by atoms with Gasteiger partial charge in [0.15, 0.2) is 5.82 Å². The van der Waals surface area contributed by atoms with Gasteiger partial charge < -0.3 is 5.73 Å². The summed E-state index contributed by atoms with van der Waals surface area (Å²) >= 11 is 0. The highest BCUT2D eigenvalue weighted by atomic mass is 19.1. The van der Waals surface area contributed by atoms with Crippen molar-refractivity contribution in [1.29, 1.82) is 0 Å². The van der Waals surface area contributed by atoms with Crippen LogP contribution in [0.2, 0.25) is 0 Å². The van der Waals surface area contributed by atoms with Crippen LogP contribution in [-0.4, -0.2) is 9.55 Å².